The molecule has 1 aromatic rings. The molecule has 2 heterocycles. The van der Waals surface area contributed by atoms with Crippen molar-refractivity contribution in [3.8, 4) is 0 Å². The monoisotopic (exact) mass is 341 g/mol. The molecule has 5 rings (SSSR count). The highest BCUT2D eigenvalue weighted by Crippen LogP contribution is 2.57. The molecule has 2 saturated carbocycles. The summed E-state index contributed by atoms with van der Waals surface area (Å²) in [6.07, 6.45) is 1.12. The molecule has 6 atom stereocenters. The Morgan fingerprint density at radius 3 is 2.33 bits per heavy atom. The summed E-state index contributed by atoms with van der Waals surface area (Å²) < 4.78 is 0. The van der Waals surface area contributed by atoms with Gasteiger partial charge in [0.2, 0.25) is 0 Å². The zero-order chi connectivity index (χ0) is 14.3. The summed E-state index contributed by atoms with van der Waals surface area (Å²) >= 11 is 18.5. The van der Waals surface area contributed by atoms with Gasteiger partial charge in [0.05, 0.1) is 26.8 Å². The van der Waals surface area contributed by atoms with E-state index in [4.69, 9.17) is 34.8 Å². The molecule has 0 unspecified atom stereocenters. The van der Waals surface area contributed by atoms with Gasteiger partial charge in [-0.15, -0.1) is 0 Å². The number of rotatable bonds is 1. The lowest BCUT2D eigenvalue weighted by atomic mass is 9.82. The van der Waals surface area contributed by atoms with Crippen molar-refractivity contribution in [2.24, 2.45) is 32.4 Å². The Bertz CT molecular complexity index is 705. The van der Waals surface area contributed by atoms with Gasteiger partial charge in [0.25, 0.3) is 0 Å². The number of benzene rings is 1. The zero-order valence-electron chi connectivity index (χ0n) is 10.7. The maximum Gasteiger partial charge on any atom is 0.101 e. The van der Waals surface area contributed by atoms with E-state index in [1.54, 1.807) is 12.1 Å². The molecule has 0 amide bonds. The van der Waals surface area contributed by atoms with Crippen LogP contribution >= 0.6 is 34.8 Å². The van der Waals surface area contributed by atoms with E-state index >= 15 is 0 Å². The molecule has 0 aromatic heterocycles. The second-order valence-electron chi connectivity index (χ2n) is 6.02. The van der Waals surface area contributed by atoms with Crippen LogP contribution in [0, 0.1) is 11.8 Å². The predicted molar refractivity (Wildman–Crippen MR) is 80.4 cm³/mol. The van der Waals surface area contributed by atoms with Crippen LogP contribution in [0.4, 0.5) is 5.69 Å². The fraction of sp³-hybridized carbons (Fsp3) is 0.538. The van der Waals surface area contributed by atoms with Crippen LogP contribution in [0.15, 0.2) is 32.7 Å². The second-order valence-corrected chi connectivity index (χ2v) is 7.25. The van der Waals surface area contributed by atoms with Crippen molar-refractivity contribution in [3.63, 3.8) is 0 Å². The van der Waals surface area contributed by atoms with Gasteiger partial charge in [-0.3, -0.25) is 0 Å². The highest BCUT2D eigenvalue weighted by Gasteiger charge is 2.65. The lowest BCUT2D eigenvalue weighted by molar-refractivity contribution is 0.242. The molecule has 5 nitrogen and oxygen atoms in total. The van der Waals surface area contributed by atoms with Gasteiger partial charge in [0.1, 0.15) is 18.1 Å². The molecule has 8 heteroatoms. The van der Waals surface area contributed by atoms with Crippen molar-refractivity contribution in [2.45, 2.75) is 30.6 Å². The Morgan fingerprint density at radius 2 is 1.57 bits per heavy atom. The highest BCUT2D eigenvalue weighted by molar-refractivity contribution is 6.44. The van der Waals surface area contributed by atoms with Crippen molar-refractivity contribution in [1.82, 2.24) is 0 Å². The molecule has 0 radical (unpaired) electrons. The van der Waals surface area contributed by atoms with Crippen LogP contribution in [0.2, 0.25) is 15.1 Å². The molecular weight excluding hydrogens is 333 g/mol. The lowest BCUT2D eigenvalue weighted by Crippen LogP contribution is -2.52. The Labute approximate surface area is 135 Å². The smallest absolute Gasteiger partial charge is 0.101 e. The summed E-state index contributed by atoms with van der Waals surface area (Å²) in [7, 11) is 0. The third-order valence-electron chi connectivity index (χ3n) is 5.13. The number of fused-ring (bicyclic) bond motifs is 8. The van der Waals surface area contributed by atoms with E-state index in [1.165, 1.54) is 0 Å². The minimum absolute atomic E-state index is 0.195. The van der Waals surface area contributed by atoms with E-state index in [2.05, 4.69) is 20.6 Å². The van der Waals surface area contributed by atoms with E-state index < -0.39 is 0 Å². The van der Waals surface area contributed by atoms with Crippen LogP contribution in [0.5, 0.6) is 0 Å². The van der Waals surface area contributed by atoms with Gasteiger partial charge in [-0.2, -0.15) is 15.3 Å². The van der Waals surface area contributed by atoms with Gasteiger partial charge in [-0.25, -0.2) is 5.01 Å². The van der Waals surface area contributed by atoms with Crippen LogP contribution in [0.1, 0.15) is 6.42 Å². The normalized spacial score (nSPS) is 41.4. The van der Waals surface area contributed by atoms with Gasteiger partial charge in [-0.1, -0.05) is 40.0 Å². The molecule has 0 saturated heterocycles. The molecule has 4 aliphatic rings. The van der Waals surface area contributed by atoms with Crippen molar-refractivity contribution in [3.05, 3.63) is 27.2 Å². The highest BCUT2D eigenvalue weighted by atomic mass is 35.5. The maximum absolute atomic E-state index is 6.32. The molecular formula is C13H10Cl3N5. The van der Waals surface area contributed by atoms with Crippen molar-refractivity contribution in [2.75, 3.05) is 5.01 Å². The summed E-state index contributed by atoms with van der Waals surface area (Å²) in [6, 6.07) is 4.52. The SMILES string of the molecule is Clc1cc(Cl)c(N2N=N[C@H]3[C@H]4C[C@H]([C@@H]5N=N[C@H]45)[C@H]32)cc1Cl. The summed E-state index contributed by atoms with van der Waals surface area (Å²) in [5.41, 5.74) is 0.766. The Balaban J connectivity index is 1.56. The predicted octanol–water partition coefficient (Wildman–Crippen LogP) is 4.42. The summed E-state index contributed by atoms with van der Waals surface area (Å²) in [5.74, 6) is 0.917. The average Bonchev–Trinajstić information content (AvgIpc) is 3.02. The van der Waals surface area contributed by atoms with Gasteiger partial charge in [0.15, 0.2) is 0 Å². The third-order valence-corrected chi connectivity index (χ3v) is 6.16. The zero-order valence-corrected chi connectivity index (χ0v) is 13.0. The van der Waals surface area contributed by atoms with Gasteiger partial charge in [-0.05, 0) is 18.6 Å². The van der Waals surface area contributed by atoms with E-state index in [9.17, 15) is 0 Å². The first kappa shape index (κ1) is 12.6. The standard InChI is InChI=1S/C13H10Cl3N5/c14-6-2-8(16)9(3-7(6)15)21-13-5-1-4(12(13)19-20-21)10-11(5)18-17-10/h2-5,10-13H,1H2/t4-,5+,10+,11-,12-,13+/m0/s1. The Hall–Kier alpha value is -0.910. The minimum Gasteiger partial charge on any atom is -0.240 e. The molecule has 0 spiro atoms. The van der Waals surface area contributed by atoms with E-state index in [1.807, 2.05) is 5.01 Å². The summed E-state index contributed by atoms with van der Waals surface area (Å²) in [4.78, 5) is 0. The van der Waals surface area contributed by atoms with Crippen molar-refractivity contribution >= 4 is 40.5 Å². The summed E-state index contributed by atoms with van der Waals surface area (Å²) in [6.45, 7) is 0. The molecule has 108 valence electrons. The molecule has 2 bridgehead atoms. The molecule has 21 heavy (non-hydrogen) atoms. The first-order valence-corrected chi connectivity index (χ1v) is 8.03. The van der Waals surface area contributed by atoms with Crippen molar-refractivity contribution in [1.29, 1.82) is 0 Å². The Kier molecular flexibility index (Phi) is 2.46. The van der Waals surface area contributed by atoms with Crippen LogP contribution in [0.25, 0.3) is 0 Å². The van der Waals surface area contributed by atoms with E-state index in [-0.39, 0.29) is 12.1 Å². The second kappa shape index (κ2) is 4.09. The van der Waals surface area contributed by atoms with Crippen LogP contribution in [-0.4, -0.2) is 24.2 Å². The third kappa shape index (κ3) is 1.49. The van der Waals surface area contributed by atoms with Gasteiger partial charge in [0, 0.05) is 11.8 Å². The van der Waals surface area contributed by atoms with E-state index in [0.29, 0.717) is 39.0 Å². The molecule has 1 aromatic carbocycles. The first-order valence-electron chi connectivity index (χ1n) is 6.89. The number of anilines is 1. The Morgan fingerprint density at radius 1 is 0.857 bits per heavy atom. The van der Waals surface area contributed by atoms with Crippen molar-refractivity contribution < 1.29 is 0 Å². The van der Waals surface area contributed by atoms with Crippen LogP contribution in [-0.2, 0) is 0 Å². The molecule has 2 aliphatic heterocycles. The number of hydrogen-bond donors (Lipinski definition) is 0. The fourth-order valence-electron chi connectivity index (χ4n) is 4.23. The maximum atomic E-state index is 6.32. The van der Waals surface area contributed by atoms with Gasteiger partial charge < -0.3 is 0 Å². The largest absolute Gasteiger partial charge is 0.240 e. The lowest BCUT2D eigenvalue weighted by Gasteiger charge is -2.38. The topological polar surface area (TPSA) is 52.7 Å². The fourth-order valence-corrected chi connectivity index (χ4v) is 4.86. The first-order chi connectivity index (χ1) is 10.1. The van der Waals surface area contributed by atoms with Crippen LogP contribution < -0.4 is 5.01 Å². The minimum atomic E-state index is 0.195. The number of azo groups is 1. The molecule has 2 aliphatic carbocycles. The van der Waals surface area contributed by atoms with Gasteiger partial charge >= 0.3 is 0 Å². The quantitative estimate of drug-likeness (QED) is 0.697. The number of hydrogen-bond acceptors (Lipinski definition) is 5. The average molecular weight is 343 g/mol. The number of nitrogens with zero attached hydrogens (tertiary/aromatic N) is 5. The summed E-state index contributed by atoms with van der Waals surface area (Å²) in [5, 5.41) is 20.7. The van der Waals surface area contributed by atoms with E-state index in [0.717, 1.165) is 12.1 Å². The molecule has 2 fully saturated rings. The molecule has 0 N–H and O–H groups in total. The number of halogens is 3. The van der Waals surface area contributed by atoms with Crippen LogP contribution in [0.3, 0.4) is 0 Å².